The van der Waals surface area contributed by atoms with Crippen molar-refractivity contribution in [2.75, 3.05) is 0 Å². The first-order valence-corrected chi connectivity index (χ1v) is 12.9. The number of aromatic hydroxyl groups is 1. The maximum atomic E-state index is 13.4. The molecule has 0 unspecified atom stereocenters. The van der Waals surface area contributed by atoms with Crippen molar-refractivity contribution in [1.29, 1.82) is 0 Å². The van der Waals surface area contributed by atoms with Crippen LogP contribution >= 0.6 is 0 Å². The minimum Gasteiger partial charge on any atom is -0.494 e. The van der Waals surface area contributed by atoms with E-state index in [1.807, 2.05) is 0 Å². The Morgan fingerprint density at radius 1 is 0.806 bits per heavy atom. The van der Waals surface area contributed by atoms with Crippen molar-refractivity contribution in [2.24, 2.45) is 0 Å². The zero-order valence-corrected chi connectivity index (χ0v) is 19.7. The van der Waals surface area contributed by atoms with Gasteiger partial charge >= 0.3 is 5.69 Å². The molecule has 0 spiro atoms. The van der Waals surface area contributed by atoms with Crippen molar-refractivity contribution >= 4 is 5.57 Å². The lowest BCUT2D eigenvalue weighted by Gasteiger charge is -2.30. The van der Waals surface area contributed by atoms with E-state index in [2.05, 4.69) is 19.9 Å². The fraction of sp³-hybridized carbons (Fsp3) is 0.769. The van der Waals surface area contributed by atoms with Crippen LogP contribution in [0.3, 0.4) is 0 Å². The van der Waals surface area contributed by atoms with Gasteiger partial charge in [-0.25, -0.2) is 4.79 Å². The molecule has 2 saturated carbocycles. The van der Waals surface area contributed by atoms with E-state index in [9.17, 15) is 14.7 Å². The van der Waals surface area contributed by atoms with Crippen LogP contribution in [0.2, 0.25) is 0 Å². The largest absolute Gasteiger partial charge is 0.494 e. The molecule has 3 aliphatic carbocycles. The van der Waals surface area contributed by atoms with E-state index in [4.69, 9.17) is 0 Å². The van der Waals surface area contributed by atoms with Crippen LogP contribution in [0.4, 0.5) is 0 Å². The quantitative estimate of drug-likeness (QED) is 0.594. The normalized spacial score (nSPS) is 20.6. The lowest BCUT2D eigenvalue weighted by atomic mass is 9.92. The summed E-state index contributed by atoms with van der Waals surface area (Å²) in [6.07, 6.45) is 18.9. The Morgan fingerprint density at radius 3 is 1.84 bits per heavy atom. The van der Waals surface area contributed by atoms with E-state index in [0.717, 1.165) is 82.6 Å². The summed E-state index contributed by atoms with van der Waals surface area (Å²) < 4.78 is 3.10. The van der Waals surface area contributed by atoms with E-state index in [-0.39, 0.29) is 29.2 Å². The van der Waals surface area contributed by atoms with Crippen LogP contribution in [-0.4, -0.2) is 14.2 Å². The molecule has 1 heterocycles. The standard InChI is InChI=1S/C22H32N2O3.C4H10/c25-20-19(16-10-4-1-5-11-16)21(26)24(18-14-8-3-9-15-18)22(27)23(20)17-12-6-2-7-13-17;1-3-4-2/h10,17-18,25H,1-9,11-15H2;3-4H2,1-2H3. The first-order valence-electron chi connectivity index (χ1n) is 12.9. The summed E-state index contributed by atoms with van der Waals surface area (Å²) in [5.41, 5.74) is 0.810. The zero-order valence-electron chi connectivity index (χ0n) is 19.7. The minimum absolute atomic E-state index is 0.0165. The summed E-state index contributed by atoms with van der Waals surface area (Å²) in [6, 6.07) is 0.00163. The van der Waals surface area contributed by atoms with Crippen molar-refractivity contribution in [1.82, 2.24) is 9.13 Å². The van der Waals surface area contributed by atoms with Gasteiger partial charge in [0.05, 0.1) is 0 Å². The highest BCUT2D eigenvalue weighted by Crippen LogP contribution is 2.35. The molecule has 0 aromatic carbocycles. The van der Waals surface area contributed by atoms with Gasteiger partial charge in [-0.3, -0.25) is 13.9 Å². The van der Waals surface area contributed by atoms with Gasteiger partial charge < -0.3 is 5.11 Å². The highest BCUT2D eigenvalue weighted by atomic mass is 16.3. The Bertz CT molecular complexity index is 851. The fourth-order valence-electron chi connectivity index (χ4n) is 5.31. The lowest BCUT2D eigenvalue weighted by molar-refractivity contribution is 0.270. The predicted molar refractivity (Wildman–Crippen MR) is 128 cm³/mol. The average molecular weight is 431 g/mol. The summed E-state index contributed by atoms with van der Waals surface area (Å²) in [7, 11) is 0. The summed E-state index contributed by atoms with van der Waals surface area (Å²) in [5, 5.41) is 11.1. The molecule has 0 bridgehead atoms. The molecule has 0 aliphatic heterocycles. The van der Waals surface area contributed by atoms with Gasteiger partial charge in [-0.2, -0.15) is 0 Å². The van der Waals surface area contributed by atoms with Gasteiger partial charge in [-0.1, -0.05) is 71.3 Å². The molecule has 4 rings (SSSR count). The zero-order chi connectivity index (χ0) is 22.2. The maximum Gasteiger partial charge on any atom is 0.334 e. The molecular formula is C26H42N2O3. The van der Waals surface area contributed by atoms with Gasteiger partial charge in [0.2, 0.25) is 5.88 Å². The smallest absolute Gasteiger partial charge is 0.334 e. The topological polar surface area (TPSA) is 64.2 Å². The molecule has 5 heteroatoms. The molecule has 3 aliphatic rings. The molecule has 1 N–H and O–H groups in total. The summed E-state index contributed by atoms with van der Waals surface area (Å²) >= 11 is 0. The van der Waals surface area contributed by atoms with Gasteiger partial charge in [0, 0.05) is 12.1 Å². The number of nitrogens with zero attached hydrogens (tertiary/aromatic N) is 2. The molecular weight excluding hydrogens is 388 g/mol. The second-order valence-corrected chi connectivity index (χ2v) is 9.59. The number of hydrogen-bond acceptors (Lipinski definition) is 3. The van der Waals surface area contributed by atoms with E-state index in [1.54, 1.807) is 4.57 Å². The van der Waals surface area contributed by atoms with Crippen LogP contribution < -0.4 is 11.2 Å². The maximum absolute atomic E-state index is 13.4. The Hall–Kier alpha value is -1.78. The number of rotatable bonds is 4. The third-order valence-corrected chi connectivity index (χ3v) is 7.29. The number of unbranched alkanes of at least 4 members (excludes halogenated alkanes) is 1. The SMILES string of the molecule is CCCC.O=c1c(C2=CCCCC2)c(O)n(C2CCCCC2)c(=O)n1C1CCCCC1. The van der Waals surface area contributed by atoms with Crippen molar-refractivity contribution in [2.45, 2.75) is 129 Å². The molecule has 0 radical (unpaired) electrons. The highest BCUT2D eigenvalue weighted by Gasteiger charge is 2.30. The van der Waals surface area contributed by atoms with Gasteiger partial charge in [0.25, 0.3) is 5.56 Å². The van der Waals surface area contributed by atoms with Crippen molar-refractivity contribution in [3.63, 3.8) is 0 Å². The van der Waals surface area contributed by atoms with Gasteiger partial charge in [-0.15, -0.1) is 0 Å². The average Bonchev–Trinajstić information content (AvgIpc) is 2.81. The van der Waals surface area contributed by atoms with E-state index < -0.39 is 0 Å². The third kappa shape index (κ3) is 5.53. The van der Waals surface area contributed by atoms with E-state index in [0.29, 0.717) is 5.56 Å². The summed E-state index contributed by atoms with van der Waals surface area (Å²) in [5.74, 6) is -0.0721. The van der Waals surface area contributed by atoms with Gasteiger partial charge in [0.15, 0.2) is 0 Å². The Balaban J connectivity index is 0.000000628. The van der Waals surface area contributed by atoms with E-state index in [1.165, 1.54) is 30.3 Å². The van der Waals surface area contributed by atoms with Crippen molar-refractivity contribution in [3.8, 4) is 5.88 Å². The molecule has 1 aromatic heterocycles. The lowest BCUT2D eigenvalue weighted by Crippen LogP contribution is -2.45. The van der Waals surface area contributed by atoms with Gasteiger partial charge in [0.1, 0.15) is 5.56 Å². The molecule has 2 fully saturated rings. The monoisotopic (exact) mass is 430 g/mol. The summed E-state index contributed by atoms with van der Waals surface area (Å²) in [6.45, 7) is 4.36. The minimum atomic E-state index is -0.281. The molecule has 0 amide bonds. The van der Waals surface area contributed by atoms with Crippen LogP contribution in [0.25, 0.3) is 5.57 Å². The Kier molecular flexibility index (Phi) is 9.03. The van der Waals surface area contributed by atoms with Crippen LogP contribution in [0.1, 0.15) is 134 Å². The van der Waals surface area contributed by atoms with E-state index >= 15 is 0 Å². The Labute approximate surface area is 187 Å². The van der Waals surface area contributed by atoms with Crippen LogP contribution in [-0.2, 0) is 0 Å². The second kappa shape index (κ2) is 11.7. The fourth-order valence-corrected chi connectivity index (χ4v) is 5.31. The first-order chi connectivity index (χ1) is 15.1. The molecule has 174 valence electrons. The summed E-state index contributed by atoms with van der Waals surface area (Å²) in [4.78, 5) is 26.8. The number of allylic oxidation sites excluding steroid dienone is 2. The van der Waals surface area contributed by atoms with Crippen molar-refractivity contribution < 1.29 is 5.11 Å². The van der Waals surface area contributed by atoms with Crippen LogP contribution in [0, 0.1) is 0 Å². The van der Waals surface area contributed by atoms with Crippen LogP contribution in [0.15, 0.2) is 15.7 Å². The van der Waals surface area contributed by atoms with Gasteiger partial charge in [-0.05, 0) is 56.9 Å². The third-order valence-electron chi connectivity index (χ3n) is 7.29. The predicted octanol–water partition coefficient (Wildman–Crippen LogP) is 6.49. The molecule has 0 atom stereocenters. The molecule has 0 saturated heterocycles. The molecule has 1 aromatic rings. The van der Waals surface area contributed by atoms with Crippen molar-refractivity contribution in [3.05, 3.63) is 32.5 Å². The highest BCUT2D eigenvalue weighted by molar-refractivity contribution is 5.69. The number of hydrogen-bond donors (Lipinski definition) is 1. The molecule has 5 nitrogen and oxygen atoms in total. The number of aromatic nitrogens is 2. The van der Waals surface area contributed by atoms with Crippen LogP contribution in [0.5, 0.6) is 5.88 Å². The molecule has 31 heavy (non-hydrogen) atoms. The second-order valence-electron chi connectivity index (χ2n) is 9.59. The first kappa shape index (κ1) is 23.9. The Morgan fingerprint density at radius 2 is 1.35 bits per heavy atom.